The van der Waals surface area contributed by atoms with Crippen LogP contribution in [0.1, 0.15) is 35.6 Å². The number of benzene rings is 1. The maximum Gasteiger partial charge on any atom is 0.226 e. The Kier molecular flexibility index (Phi) is 3.94. The molecule has 2 heterocycles. The van der Waals surface area contributed by atoms with Crippen molar-refractivity contribution in [2.24, 2.45) is 0 Å². The van der Waals surface area contributed by atoms with E-state index in [4.69, 9.17) is 9.51 Å². The SMILES string of the molecule is CCc1nc(CN(C)Cc2nc3c(C)c(C)ccc3[nH]2)no1. The molecular weight excluding hydrogens is 278 g/mol. The van der Waals surface area contributed by atoms with Crippen LogP contribution < -0.4 is 0 Å². The number of rotatable bonds is 5. The third-order valence-corrected chi connectivity index (χ3v) is 3.87. The molecule has 0 saturated heterocycles. The van der Waals surface area contributed by atoms with E-state index < -0.39 is 0 Å². The number of hydrogen-bond acceptors (Lipinski definition) is 5. The van der Waals surface area contributed by atoms with Crippen LogP contribution in [0.5, 0.6) is 0 Å². The molecule has 0 amide bonds. The van der Waals surface area contributed by atoms with E-state index >= 15 is 0 Å². The molecule has 0 atom stereocenters. The first-order chi connectivity index (χ1) is 10.6. The number of fused-ring (bicyclic) bond motifs is 1. The molecule has 0 unspecified atom stereocenters. The topological polar surface area (TPSA) is 70.8 Å². The van der Waals surface area contributed by atoms with E-state index in [0.717, 1.165) is 23.3 Å². The fourth-order valence-corrected chi connectivity index (χ4v) is 2.49. The van der Waals surface area contributed by atoms with Gasteiger partial charge in [0.25, 0.3) is 0 Å². The van der Waals surface area contributed by atoms with E-state index in [1.165, 1.54) is 11.1 Å². The van der Waals surface area contributed by atoms with Crippen LogP contribution in [0.2, 0.25) is 0 Å². The minimum atomic E-state index is 0.637. The Morgan fingerprint density at radius 2 is 2.00 bits per heavy atom. The molecule has 1 aromatic carbocycles. The Hall–Kier alpha value is -2.21. The van der Waals surface area contributed by atoms with Gasteiger partial charge in [-0.1, -0.05) is 18.1 Å². The minimum Gasteiger partial charge on any atom is -0.341 e. The van der Waals surface area contributed by atoms with Gasteiger partial charge in [-0.15, -0.1) is 0 Å². The number of aryl methyl sites for hydroxylation is 3. The molecule has 6 nitrogen and oxygen atoms in total. The van der Waals surface area contributed by atoms with Crippen molar-refractivity contribution in [3.63, 3.8) is 0 Å². The second-order valence-corrected chi connectivity index (χ2v) is 5.72. The molecule has 6 heteroatoms. The molecule has 3 rings (SSSR count). The molecule has 3 aromatic rings. The first-order valence-electron chi connectivity index (χ1n) is 7.51. The lowest BCUT2D eigenvalue weighted by Crippen LogP contribution is -2.18. The number of aromatic nitrogens is 4. The zero-order valence-electron chi connectivity index (χ0n) is 13.5. The van der Waals surface area contributed by atoms with Crippen molar-refractivity contribution in [1.82, 2.24) is 25.0 Å². The summed E-state index contributed by atoms with van der Waals surface area (Å²) in [7, 11) is 2.02. The van der Waals surface area contributed by atoms with Crippen LogP contribution in [0.15, 0.2) is 16.7 Å². The molecule has 22 heavy (non-hydrogen) atoms. The fraction of sp³-hybridized carbons (Fsp3) is 0.438. The van der Waals surface area contributed by atoms with Crippen molar-refractivity contribution in [3.05, 3.63) is 40.8 Å². The molecule has 0 saturated carbocycles. The maximum atomic E-state index is 5.13. The highest BCUT2D eigenvalue weighted by atomic mass is 16.5. The van der Waals surface area contributed by atoms with Gasteiger partial charge in [0.05, 0.1) is 24.1 Å². The predicted molar refractivity (Wildman–Crippen MR) is 84.4 cm³/mol. The predicted octanol–water partition coefficient (Wildman–Crippen LogP) is 2.76. The first-order valence-corrected chi connectivity index (χ1v) is 7.51. The standard InChI is InChI=1S/C16H21N5O/c1-5-15-18-14(20-22-15)9-21(4)8-13-17-12-7-6-10(2)11(3)16(12)19-13/h6-7H,5,8-9H2,1-4H3,(H,17,19). The van der Waals surface area contributed by atoms with E-state index in [1.807, 2.05) is 14.0 Å². The van der Waals surface area contributed by atoms with Crippen molar-refractivity contribution in [2.45, 2.75) is 40.3 Å². The summed E-state index contributed by atoms with van der Waals surface area (Å²) in [5.41, 5.74) is 4.63. The number of H-pyrrole nitrogens is 1. The van der Waals surface area contributed by atoms with Gasteiger partial charge in [0, 0.05) is 6.42 Å². The van der Waals surface area contributed by atoms with Gasteiger partial charge in [0.2, 0.25) is 5.89 Å². The Morgan fingerprint density at radius 3 is 2.73 bits per heavy atom. The van der Waals surface area contributed by atoms with E-state index in [1.54, 1.807) is 0 Å². The van der Waals surface area contributed by atoms with Crippen LogP contribution in [-0.2, 0) is 19.5 Å². The lowest BCUT2D eigenvalue weighted by molar-refractivity contribution is 0.294. The monoisotopic (exact) mass is 299 g/mol. The average Bonchev–Trinajstić information content (AvgIpc) is 3.09. The Bertz CT molecular complexity index is 789. The van der Waals surface area contributed by atoms with E-state index in [-0.39, 0.29) is 0 Å². The van der Waals surface area contributed by atoms with Crippen molar-refractivity contribution in [2.75, 3.05) is 7.05 Å². The first kappa shape index (κ1) is 14.7. The number of nitrogens with zero attached hydrogens (tertiary/aromatic N) is 4. The molecule has 0 fully saturated rings. The lowest BCUT2D eigenvalue weighted by atomic mass is 10.1. The summed E-state index contributed by atoms with van der Waals surface area (Å²) in [5, 5.41) is 3.98. The average molecular weight is 299 g/mol. The van der Waals surface area contributed by atoms with Gasteiger partial charge in [-0.2, -0.15) is 4.98 Å². The third kappa shape index (κ3) is 2.87. The van der Waals surface area contributed by atoms with Crippen molar-refractivity contribution >= 4 is 11.0 Å². The second-order valence-electron chi connectivity index (χ2n) is 5.72. The highest BCUT2D eigenvalue weighted by molar-refractivity contribution is 5.79. The number of imidazole rings is 1. The van der Waals surface area contributed by atoms with E-state index in [2.05, 4.69) is 46.0 Å². The quantitative estimate of drug-likeness (QED) is 0.784. The Labute approximate surface area is 129 Å². The maximum absolute atomic E-state index is 5.13. The number of nitrogens with one attached hydrogen (secondary N) is 1. The highest BCUT2D eigenvalue weighted by Gasteiger charge is 2.11. The summed E-state index contributed by atoms with van der Waals surface area (Å²) < 4.78 is 5.13. The van der Waals surface area contributed by atoms with E-state index in [9.17, 15) is 0 Å². The van der Waals surface area contributed by atoms with Crippen LogP contribution >= 0.6 is 0 Å². The lowest BCUT2D eigenvalue weighted by Gasteiger charge is -2.11. The summed E-state index contributed by atoms with van der Waals surface area (Å²) in [4.78, 5) is 14.5. The summed E-state index contributed by atoms with van der Waals surface area (Å²) in [6.07, 6.45) is 0.763. The van der Waals surface area contributed by atoms with Gasteiger partial charge < -0.3 is 9.51 Å². The summed E-state index contributed by atoms with van der Waals surface area (Å²) >= 11 is 0. The molecule has 116 valence electrons. The van der Waals surface area contributed by atoms with Crippen LogP contribution in [-0.4, -0.2) is 32.1 Å². The van der Waals surface area contributed by atoms with Gasteiger partial charge in [0.1, 0.15) is 5.82 Å². The number of hydrogen-bond donors (Lipinski definition) is 1. The summed E-state index contributed by atoms with van der Waals surface area (Å²) in [6.45, 7) is 7.57. The number of aromatic amines is 1. The molecular formula is C16H21N5O. The van der Waals surface area contributed by atoms with Gasteiger partial charge in [-0.05, 0) is 38.1 Å². The van der Waals surface area contributed by atoms with E-state index in [0.29, 0.717) is 24.8 Å². The van der Waals surface area contributed by atoms with Gasteiger partial charge in [0.15, 0.2) is 5.82 Å². The van der Waals surface area contributed by atoms with Crippen molar-refractivity contribution in [1.29, 1.82) is 0 Å². The molecule has 0 spiro atoms. The Balaban J connectivity index is 1.73. The fourth-order valence-electron chi connectivity index (χ4n) is 2.49. The molecule has 0 aliphatic heterocycles. The van der Waals surface area contributed by atoms with Crippen molar-refractivity contribution < 1.29 is 4.52 Å². The minimum absolute atomic E-state index is 0.637. The van der Waals surface area contributed by atoms with Crippen LogP contribution in [0.3, 0.4) is 0 Å². The normalized spacial score (nSPS) is 11.7. The van der Waals surface area contributed by atoms with Gasteiger partial charge in [-0.25, -0.2) is 4.98 Å². The van der Waals surface area contributed by atoms with Gasteiger partial charge >= 0.3 is 0 Å². The molecule has 2 aromatic heterocycles. The second kappa shape index (κ2) is 5.88. The van der Waals surface area contributed by atoms with Crippen molar-refractivity contribution in [3.8, 4) is 0 Å². The smallest absolute Gasteiger partial charge is 0.226 e. The summed E-state index contributed by atoms with van der Waals surface area (Å²) in [5.74, 6) is 2.34. The molecule has 1 N–H and O–H groups in total. The Morgan fingerprint density at radius 1 is 1.18 bits per heavy atom. The van der Waals surface area contributed by atoms with Crippen LogP contribution in [0, 0.1) is 13.8 Å². The van der Waals surface area contributed by atoms with Gasteiger partial charge in [-0.3, -0.25) is 4.90 Å². The summed E-state index contributed by atoms with van der Waals surface area (Å²) in [6, 6.07) is 4.20. The molecule has 0 aliphatic carbocycles. The zero-order chi connectivity index (χ0) is 15.7. The molecule has 0 aliphatic rings. The largest absolute Gasteiger partial charge is 0.341 e. The third-order valence-electron chi connectivity index (χ3n) is 3.87. The highest BCUT2D eigenvalue weighted by Crippen LogP contribution is 2.19. The van der Waals surface area contributed by atoms with Crippen LogP contribution in [0.25, 0.3) is 11.0 Å². The molecule has 0 bridgehead atoms. The zero-order valence-corrected chi connectivity index (χ0v) is 13.5. The van der Waals surface area contributed by atoms with Crippen LogP contribution in [0.4, 0.5) is 0 Å². The molecule has 0 radical (unpaired) electrons.